The van der Waals surface area contributed by atoms with E-state index in [1.165, 1.54) is 6.92 Å². The van der Waals surface area contributed by atoms with Crippen LogP contribution in [-0.2, 0) is 19.1 Å². The fourth-order valence-corrected chi connectivity index (χ4v) is 0.617. The maximum atomic E-state index is 10.5. The molecule has 0 aliphatic carbocycles. The molecule has 0 atom stereocenters. The van der Waals surface area contributed by atoms with Crippen molar-refractivity contribution in [2.24, 2.45) is 0 Å². The van der Waals surface area contributed by atoms with E-state index in [-0.39, 0.29) is 25.4 Å². The Morgan fingerprint density at radius 2 is 1.65 bits per heavy atom. The number of hydrogen-bond donors (Lipinski definition) is 2. The molecule has 17 heavy (non-hydrogen) atoms. The van der Waals surface area contributed by atoms with Gasteiger partial charge in [-0.05, 0) is 19.8 Å². The molecule has 0 aliphatic heterocycles. The average molecular weight is 246 g/mol. The van der Waals surface area contributed by atoms with E-state index in [1.807, 2.05) is 0 Å². The zero-order chi connectivity index (χ0) is 13.7. The van der Waals surface area contributed by atoms with Crippen LogP contribution >= 0.6 is 0 Å². The van der Waals surface area contributed by atoms with Crippen LogP contribution in [0.5, 0.6) is 0 Å². The Morgan fingerprint density at radius 1 is 1.18 bits per heavy atom. The standard InChI is InChI=1S/C7H8O4.C4H10O2/c1-3-6(9)11-7(10)4-5(2)8;5-3-1-2-4-6/h3H,1,4H2,2H3;5-6H,1-4H2. The number of esters is 2. The molecule has 0 saturated carbocycles. The maximum Gasteiger partial charge on any atom is 0.337 e. The summed E-state index contributed by atoms with van der Waals surface area (Å²) < 4.78 is 4.09. The molecule has 6 nitrogen and oxygen atoms in total. The van der Waals surface area contributed by atoms with Crippen molar-refractivity contribution in [3.63, 3.8) is 0 Å². The van der Waals surface area contributed by atoms with Gasteiger partial charge in [0.05, 0.1) is 0 Å². The molecular formula is C11H18O6. The lowest BCUT2D eigenvalue weighted by Gasteiger charge is -1.95. The van der Waals surface area contributed by atoms with Gasteiger partial charge in [-0.3, -0.25) is 9.59 Å². The van der Waals surface area contributed by atoms with Crippen LogP contribution in [0.4, 0.5) is 0 Å². The van der Waals surface area contributed by atoms with Gasteiger partial charge in [-0.25, -0.2) is 4.79 Å². The van der Waals surface area contributed by atoms with Gasteiger partial charge in [-0.1, -0.05) is 6.58 Å². The van der Waals surface area contributed by atoms with Crippen LogP contribution < -0.4 is 0 Å². The second-order valence-electron chi connectivity index (χ2n) is 3.03. The first-order chi connectivity index (χ1) is 7.97. The Morgan fingerprint density at radius 3 is 1.94 bits per heavy atom. The van der Waals surface area contributed by atoms with Gasteiger partial charge in [0.1, 0.15) is 12.2 Å². The highest BCUT2D eigenvalue weighted by Crippen LogP contribution is 1.88. The summed E-state index contributed by atoms with van der Waals surface area (Å²) >= 11 is 0. The molecule has 6 heteroatoms. The van der Waals surface area contributed by atoms with E-state index in [2.05, 4.69) is 11.3 Å². The largest absolute Gasteiger partial charge is 0.396 e. The molecule has 0 saturated heterocycles. The van der Waals surface area contributed by atoms with Gasteiger partial charge >= 0.3 is 11.9 Å². The molecule has 0 bridgehead atoms. The highest BCUT2D eigenvalue weighted by molar-refractivity contribution is 6.00. The smallest absolute Gasteiger partial charge is 0.337 e. The number of aliphatic hydroxyl groups is 2. The Bertz CT molecular complexity index is 255. The number of hydrogen-bond acceptors (Lipinski definition) is 6. The van der Waals surface area contributed by atoms with E-state index in [0.717, 1.165) is 18.9 Å². The zero-order valence-corrected chi connectivity index (χ0v) is 9.85. The van der Waals surface area contributed by atoms with E-state index >= 15 is 0 Å². The Labute approximate surface area is 99.9 Å². The van der Waals surface area contributed by atoms with Gasteiger partial charge in [0.25, 0.3) is 0 Å². The van der Waals surface area contributed by atoms with Crippen LogP contribution in [0, 0.1) is 0 Å². The second-order valence-corrected chi connectivity index (χ2v) is 3.03. The number of carbonyl (C=O) groups is 3. The number of aliphatic hydroxyl groups excluding tert-OH is 2. The number of rotatable bonds is 6. The predicted octanol–water partition coefficient (Wildman–Crippen LogP) is -0.0275. The van der Waals surface area contributed by atoms with Crippen LogP contribution in [0.25, 0.3) is 0 Å². The lowest BCUT2D eigenvalue weighted by Crippen LogP contribution is -2.12. The molecule has 0 aliphatic rings. The van der Waals surface area contributed by atoms with Crippen molar-refractivity contribution in [2.45, 2.75) is 26.2 Å². The number of Topliss-reactive ketones (excluding diaryl/α,β-unsaturated/α-hetero) is 1. The summed E-state index contributed by atoms with van der Waals surface area (Å²) in [6, 6.07) is 0. The van der Waals surface area contributed by atoms with Crippen molar-refractivity contribution in [1.29, 1.82) is 0 Å². The fourth-order valence-electron chi connectivity index (χ4n) is 0.617. The van der Waals surface area contributed by atoms with Crippen LogP contribution in [0.3, 0.4) is 0 Å². The maximum absolute atomic E-state index is 10.5. The topological polar surface area (TPSA) is 101 Å². The first kappa shape index (κ1) is 17.9. The van der Waals surface area contributed by atoms with Crippen LogP contribution in [0.1, 0.15) is 26.2 Å². The van der Waals surface area contributed by atoms with Crippen molar-refractivity contribution in [2.75, 3.05) is 13.2 Å². The molecule has 98 valence electrons. The predicted molar refractivity (Wildman–Crippen MR) is 60.0 cm³/mol. The summed E-state index contributed by atoms with van der Waals surface area (Å²) in [5.74, 6) is -2.02. The number of ketones is 1. The van der Waals surface area contributed by atoms with Crippen LogP contribution in [-0.4, -0.2) is 41.1 Å². The normalized spacial score (nSPS) is 8.65. The van der Waals surface area contributed by atoms with Gasteiger partial charge in [-0.2, -0.15) is 0 Å². The first-order valence-electron chi connectivity index (χ1n) is 5.06. The van der Waals surface area contributed by atoms with E-state index in [0.29, 0.717) is 0 Å². The summed E-state index contributed by atoms with van der Waals surface area (Å²) in [6.07, 6.45) is 1.92. The van der Waals surface area contributed by atoms with Gasteiger partial charge in [0.15, 0.2) is 0 Å². The molecule has 0 heterocycles. The number of ether oxygens (including phenoxy) is 1. The van der Waals surface area contributed by atoms with E-state index in [4.69, 9.17) is 10.2 Å². The molecule has 0 radical (unpaired) electrons. The molecule has 0 amide bonds. The molecule has 0 aromatic rings. The average Bonchev–Trinajstić information content (AvgIpc) is 2.25. The van der Waals surface area contributed by atoms with Crippen LogP contribution in [0.2, 0.25) is 0 Å². The molecule has 0 unspecified atom stereocenters. The molecule has 0 rings (SSSR count). The van der Waals surface area contributed by atoms with Crippen molar-refractivity contribution in [3.05, 3.63) is 12.7 Å². The number of carbonyl (C=O) groups excluding carboxylic acids is 3. The van der Waals surface area contributed by atoms with Crippen LogP contribution in [0.15, 0.2) is 12.7 Å². The van der Waals surface area contributed by atoms with Crippen molar-refractivity contribution in [3.8, 4) is 0 Å². The van der Waals surface area contributed by atoms with Crippen molar-refractivity contribution < 1.29 is 29.3 Å². The molecule has 2 N–H and O–H groups in total. The third-order valence-corrected chi connectivity index (χ3v) is 1.34. The summed E-state index contributed by atoms with van der Waals surface area (Å²) in [5, 5.41) is 16.2. The summed E-state index contributed by atoms with van der Waals surface area (Å²) in [7, 11) is 0. The molecular weight excluding hydrogens is 228 g/mol. The molecule has 0 aromatic carbocycles. The summed E-state index contributed by atoms with van der Waals surface area (Å²) in [5.41, 5.74) is 0. The van der Waals surface area contributed by atoms with Gasteiger partial charge < -0.3 is 14.9 Å². The third kappa shape index (κ3) is 17.1. The molecule has 0 spiro atoms. The van der Waals surface area contributed by atoms with E-state index in [1.54, 1.807) is 0 Å². The lowest BCUT2D eigenvalue weighted by molar-refractivity contribution is -0.156. The Kier molecular flexibility index (Phi) is 13.2. The van der Waals surface area contributed by atoms with Gasteiger partial charge in [0.2, 0.25) is 0 Å². The fraction of sp³-hybridized carbons (Fsp3) is 0.545. The molecule has 0 fully saturated rings. The highest BCUT2D eigenvalue weighted by atomic mass is 16.6. The van der Waals surface area contributed by atoms with E-state index < -0.39 is 11.9 Å². The van der Waals surface area contributed by atoms with Crippen molar-refractivity contribution >= 4 is 17.7 Å². The quantitative estimate of drug-likeness (QED) is 0.295. The monoisotopic (exact) mass is 246 g/mol. The minimum Gasteiger partial charge on any atom is -0.396 e. The summed E-state index contributed by atoms with van der Waals surface area (Å²) in [6.45, 7) is 4.71. The van der Waals surface area contributed by atoms with Gasteiger partial charge in [0, 0.05) is 19.3 Å². The van der Waals surface area contributed by atoms with Gasteiger partial charge in [-0.15, -0.1) is 0 Å². The second kappa shape index (κ2) is 12.5. The Balaban J connectivity index is 0. The zero-order valence-electron chi connectivity index (χ0n) is 9.85. The van der Waals surface area contributed by atoms with E-state index in [9.17, 15) is 14.4 Å². The van der Waals surface area contributed by atoms with Crippen molar-refractivity contribution in [1.82, 2.24) is 0 Å². The third-order valence-electron chi connectivity index (χ3n) is 1.34. The highest BCUT2D eigenvalue weighted by Gasteiger charge is 2.08. The Hall–Kier alpha value is -1.53. The minimum atomic E-state index is -0.845. The first-order valence-corrected chi connectivity index (χ1v) is 5.06. The molecule has 0 aromatic heterocycles. The number of unbranched alkanes of at least 4 members (excludes halogenated alkanes) is 1. The summed E-state index contributed by atoms with van der Waals surface area (Å²) in [4.78, 5) is 31.1. The lowest BCUT2D eigenvalue weighted by atomic mass is 10.3. The SMILES string of the molecule is C=CC(=O)OC(=O)CC(C)=O.OCCCCO. The minimum absolute atomic E-state index is 0.195.